The van der Waals surface area contributed by atoms with Crippen LogP contribution in [-0.2, 0) is 4.79 Å². The summed E-state index contributed by atoms with van der Waals surface area (Å²) < 4.78 is 1.04. The molecule has 0 saturated heterocycles. The zero-order valence-corrected chi connectivity index (χ0v) is 12.9. The van der Waals surface area contributed by atoms with Gasteiger partial charge in [0, 0.05) is 14.7 Å². The second-order valence-corrected chi connectivity index (χ2v) is 6.41. The van der Waals surface area contributed by atoms with Crippen LogP contribution in [0.2, 0.25) is 0 Å². The number of hydrogen-bond donors (Lipinski definition) is 1. The van der Waals surface area contributed by atoms with E-state index in [1.165, 1.54) is 23.1 Å². The second kappa shape index (κ2) is 6.36. The van der Waals surface area contributed by atoms with Crippen LogP contribution in [0.1, 0.15) is 5.69 Å². The molecular formula is C12H11BrN2OS2. The van der Waals surface area contributed by atoms with E-state index >= 15 is 0 Å². The summed E-state index contributed by atoms with van der Waals surface area (Å²) in [5.74, 6) is 0.359. The highest BCUT2D eigenvalue weighted by Gasteiger charge is 2.06. The van der Waals surface area contributed by atoms with Gasteiger partial charge in [-0.15, -0.1) is 23.1 Å². The third kappa shape index (κ3) is 4.12. The van der Waals surface area contributed by atoms with Crippen LogP contribution in [-0.4, -0.2) is 16.6 Å². The molecule has 6 heteroatoms. The fraction of sp³-hybridized carbons (Fsp3) is 0.167. The first kappa shape index (κ1) is 13.6. The molecule has 1 aromatic carbocycles. The van der Waals surface area contributed by atoms with Crippen LogP contribution in [0.4, 0.5) is 5.13 Å². The molecule has 0 unspecified atom stereocenters. The van der Waals surface area contributed by atoms with Crippen molar-refractivity contribution >= 4 is 50.1 Å². The molecule has 94 valence electrons. The normalized spacial score (nSPS) is 10.3. The molecule has 1 N–H and O–H groups in total. The first-order valence-electron chi connectivity index (χ1n) is 5.24. The second-order valence-electron chi connectivity index (χ2n) is 3.58. The number of nitrogens with zero attached hydrogens (tertiary/aromatic N) is 1. The van der Waals surface area contributed by atoms with Gasteiger partial charge in [0.2, 0.25) is 5.91 Å². The molecule has 18 heavy (non-hydrogen) atoms. The highest BCUT2D eigenvalue weighted by molar-refractivity contribution is 9.10. The molecule has 0 radical (unpaired) electrons. The Morgan fingerprint density at radius 2 is 2.17 bits per heavy atom. The van der Waals surface area contributed by atoms with Gasteiger partial charge >= 0.3 is 0 Å². The summed E-state index contributed by atoms with van der Waals surface area (Å²) in [6, 6.07) is 7.89. The van der Waals surface area contributed by atoms with Gasteiger partial charge in [-0.3, -0.25) is 4.79 Å². The van der Waals surface area contributed by atoms with Crippen molar-refractivity contribution in [2.75, 3.05) is 11.1 Å². The van der Waals surface area contributed by atoms with Crippen LogP contribution in [0.25, 0.3) is 0 Å². The van der Waals surface area contributed by atoms with Crippen LogP contribution in [0.15, 0.2) is 39.0 Å². The van der Waals surface area contributed by atoms with E-state index in [0.29, 0.717) is 10.9 Å². The van der Waals surface area contributed by atoms with Crippen molar-refractivity contribution in [1.82, 2.24) is 4.98 Å². The molecule has 0 saturated carbocycles. The van der Waals surface area contributed by atoms with Crippen molar-refractivity contribution in [3.05, 3.63) is 39.8 Å². The highest BCUT2D eigenvalue weighted by atomic mass is 79.9. The zero-order chi connectivity index (χ0) is 13.0. The number of carbonyl (C=O) groups is 1. The van der Waals surface area contributed by atoms with Gasteiger partial charge in [0.05, 0.1) is 11.4 Å². The number of benzene rings is 1. The standard InChI is InChI=1S/C12H11BrN2OS2/c1-8-6-18-12(14-8)15-11(16)7-17-10-4-2-9(13)3-5-10/h2-6H,7H2,1H3,(H,14,15,16). The minimum absolute atomic E-state index is 0.0303. The number of carbonyl (C=O) groups excluding carboxylic acids is 1. The van der Waals surface area contributed by atoms with Crippen LogP contribution in [0, 0.1) is 6.92 Å². The Bertz CT molecular complexity index is 539. The summed E-state index contributed by atoms with van der Waals surface area (Å²) in [5, 5.41) is 5.36. The molecule has 0 aliphatic rings. The number of aryl methyl sites for hydroxylation is 1. The fourth-order valence-corrected chi connectivity index (χ4v) is 2.91. The highest BCUT2D eigenvalue weighted by Crippen LogP contribution is 2.21. The number of aromatic nitrogens is 1. The first-order valence-corrected chi connectivity index (χ1v) is 7.89. The Morgan fingerprint density at radius 1 is 1.44 bits per heavy atom. The van der Waals surface area contributed by atoms with Crippen molar-refractivity contribution in [2.45, 2.75) is 11.8 Å². The number of thiazole rings is 1. The number of hydrogen-bond acceptors (Lipinski definition) is 4. The fourth-order valence-electron chi connectivity index (χ4n) is 1.25. The Labute approximate surface area is 122 Å². The lowest BCUT2D eigenvalue weighted by molar-refractivity contribution is -0.113. The van der Waals surface area contributed by atoms with Crippen LogP contribution < -0.4 is 5.32 Å². The summed E-state index contributed by atoms with van der Waals surface area (Å²) in [4.78, 5) is 16.9. The van der Waals surface area contributed by atoms with Gasteiger partial charge < -0.3 is 5.32 Å². The Balaban J connectivity index is 1.83. The summed E-state index contributed by atoms with van der Waals surface area (Å²) in [7, 11) is 0. The molecule has 1 aromatic heterocycles. The topological polar surface area (TPSA) is 42.0 Å². The maximum atomic E-state index is 11.7. The monoisotopic (exact) mass is 342 g/mol. The van der Waals surface area contributed by atoms with Crippen molar-refractivity contribution < 1.29 is 4.79 Å². The molecule has 2 aromatic rings. The molecule has 0 bridgehead atoms. The molecule has 2 rings (SSSR count). The van der Waals surface area contributed by atoms with E-state index in [1.807, 2.05) is 36.6 Å². The molecule has 1 heterocycles. The van der Waals surface area contributed by atoms with Gasteiger partial charge in [-0.1, -0.05) is 15.9 Å². The number of halogens is 1. The first-order chi connectivity index (χ1) is 8.63. The molecule has 0 aliphatic heterocycles. The summed E-state index contributed by atoms with van der Waals surface area (Å²) >= 11 is 6.33. The van der Waals surface area contributed by atoms with Crippen LogP contribution >= 0.6 is 39.0 Å². The summed E-state index contributed by atoms with van der Waals surface area (Å²) in [6.45, 7) is 1.91. The van der Waals surface area contributed by atoms with Gasteiger partial charge in [-0.05, 0) is 31.2 Å². The van der Waals surface area contributed by atoms with E-state index < -0.39 is 0 Å². The molecule has 0 atom stereocenters. The number of rotatable bonds is 4. The predicted molar refractivity (Wildman–Crippen MR) is 80.3 cm³/mol. The zero-order valence-electron chi connectivity index (χ0n) is 9.64. The predicted octanol–water partition coefficient (Wildman–Crippen LogP) is 3.94. The van der Waals surface area contributed by atoms with Crippen LogP contribution in [0.5, 0.6) is 0 Å². The van der Waals surface area contributed by atoms with E-state index in [0.717, 1.165) is 15.1 Å². The van der Waals surface area contributed by atoms with Gasteiger partial charge in [-0.25, -0.2) is 4.98 Å². The Hall–Kier alpha value is -0.850. The van der Waals surface area contributed by atoms with E-state index in [4.69, 9.17) is 0 Å². The van der Waals surface area contributed by atoms with Gasteiger partial charge in [0.1, 0.15) is 0 Å². The molecule has 1 amide bonds. The number of anilines is 1. The van der Waals surface area contributed by atoms with Crippen molar-refractivity contribution in [1.29, 1.82) is 0 Å². The van der Waals surface area contributed by atoms with Crippen molar-refractivity contribution in [2.24, 2.45) is 0 Å². The Kier molecular flexibility index (Phi) is 4.79. The maximum Gasteiger partial charge on any atom is 0.236 e. The van der Waals surface area contributed by atoms with E-state index in [9.17, 15) is 4.79 Å². The molecule has 0 aliphatic carbocycles. The molecular weight excluding hydrogens is 332 g/mol. The largest absolute Gasteiger partial charge is 0.301 e. The lowest BCUT2D eigenvalue weighted by atomic mass is 10.4. The maximum absolute atomic E-state index is 11.7. The third-order valence-electron chi connectivity index (χ3n) is 2.05. The van der Waals surface area contributed by atoms with E-state index in [1.54, 1.807) is 0 Å². The smallest absolute Gasteiger partial charge is 0.236 e. The van der Waals surface area contributed by atoms with E-state index in [2.05, 4.69) is 26.2 Å². The number of thioether (sulfide) groups is 1. The lowest BCUT2D eigenvalue weighted by Crippen LogP contribution is -2.13. The van der Waals surface area contributed by atoms with E-state index in [-0.39, 0.29) is 5.91 Å². The molecule has 3 nitrogen and oxygen atoms in total. The number of amides is 1. The summed E-state index contributed by atoms with van der Waals surface area (Å²) in [6.07, 6.45) is 0. The molecule has 0 fully saturated rings. The van der Waals surface area contributed by atoms with Gasteiger partial charge in [0.15, 0.2) is 5.13 Å². The third-order valence-corrected chi connectivity index (χ3v) is 4.47. The van der Waals surface area contributed by atoms with Crippen molar-refractivity contribution in [3.8, 4) is 0 Å². The quantitative estimate of drug-likeness (QED) is 0.855. The minimum atomic E-state index is -0.0303. The molecule has 0 spiro atoms. The minimum Gasteiger partial charge on any atom is -0.301 e. The average molecular weight is 343 g/mol. The van der Waals surface area contributed by atoms with Gasteiger partial charge in [-0.2, -0.15) is 0 Å². The SMILES string of the molecule is Cc1csc(NC(=O)CSc2ccc(Br)cc2)n1. The lowest BCUT2D eigenvalue weighted by Gasteiger charge is -2.02. The Morgan fingerprint density at radius 3 is 2.78 bits per heavy atom. The van der Waals surface area contributed by atoms with Gasteiger partial charge in [0.25, 0.3) is 0 Å². The van der Waals surface area contributed by atoms with Crippen LogP contribution in [0.3, 0.4) is 0 Å². The summed E-state index contributed by atoms with van der Waals surface area (Å²) in [5.41, 5.74) is 0.927. The number of nitrogens with one attached hydrogen (secondary N) is 1. The van der Waals surface area contributed by atoms with Crippen molar-refractivity contribution in [3.63, 3.8) is 0 Å². The average Bonchev–Trinajstić information content (AvgIpc) is 2.74.